The van der Waals surface area contributed by atoms with Crippen LogP contribution >= 0.6 is 11.6 Å². The van der Waals surface area contributed by atoms with Crippen LogP contribution in [0.3, 0.4) is 0 Å². The van der Waals surface area contributed by atoms with Gasteiger partial charge in [-0.05, 0) is 5.92 Å². The molecular weight excluding hydrogens is 346 g/mol. The van der Waals surface area contributed by atoms with Crippen LogP contribution in [-0.2, 0) is 20.7 Å². The molecule has 3 atom stereocenters. The Hall–Kier alpha value is -1.60. The largest absolute Gasteiger partial charge is 0.360 e. The van der Waals surface area contributed by atoms with Gasteiger partial charge in [0.2, 0.25) is 11.8 Å². The molecule has 0 radical (unpaired) electrons. The number of rotatable bonds is 4. The highest BCUT2D eigenvalue weighted by atomic mass is 35.5. The Morgan fingerprint density at radius 3 is 3.00 bits per heavy atom. The summed E-state index contributed by atoms with van der Waals surface area (Å²) in [5, 5.41) is 3.91. The zero-order valence-electron chi connectivity index (χ0n) is 14.4. The molecule has 2 amide bonds. The van der Waals surface area contributed by atoms with Crippen LogP contribution in [0.1, 0.15) is 38.9 Å². The van der Waals surface area contributed by atoms with E-state index in [-0.39, 0.29) is 23.9 Å². The van der Waals surface area contributed by atoms with Gasteiger partial charge < -0.3 is 19.1 Å². The van der Waals surface area contributed by atoms with Crippen LogP contribution in [0.5, 0.6) is 0 Å². The van der Waals surface area contributed by atoms with E-state index in [4.69, 9.17) is 20.9 Å². The summed E-state index contributed by atoms with van der Waals surface area (Å²) >= 11 is 5.73. The first-order valence-electron chi connectivity index (χ1n) is 8.79. The maximum absolute atomic E-state index is 12.7. The van der Waals surface area contributed by atoms with Gasteiger partial charge in [-0.2, -0.15) is 0 Å². The summed E-state index contributed by atoms with van der Waals surface area (Å²) < 4.78 is 11.2. The number of likely N-dealkylation sites (tertiary alicyclic amines) is 1. The monoisotopic (exact) mass is 367 g/mol. The first kappa shape index (κ1) is 16.8. The van der Waals surface area contributed by atoms with Crippen molar-refractivity contribution in [2.45, 2.75) is 57.3 Å². The minimum absolute atomic E-state index is 0.0145. The summed E-state index contributed by atoms with van der Waals surface area (Å²) in [6, 6.07) is 1.53. The minimum Gasteiger partial charge on any atom is -0.360 e. The molecule has 3 saturated heterocycles. The van der Waals surface area contributed by atoms with E-state index in [0.29, 0.717) is 55.7 Å². The Morgan fingerprint density at radius 2 is 2.32 bits per heavy atom. The third kappa shape index (κ3) is 2.56. The van der Waals surface area contributed by atoms with Crippen molar-refractivity contribution in [2.75, 3.05) is 13.2 Å². The summed E-state index contributed by atoms with van der Waals surface area (Å²) in [5.74, 6) is 1.04. The Balaban J connectivity index is 1.47. The van der Waals surface area contributed by atoms with E-state index < -0.39 is 5.72 Å². The lowest BCUT2D eigenvalue weighted by molar-refractivity contribution is -0.141. The van der Waals surface area contributed by atoms with Crippen LogP contribution < -0.4 is 0 Å². The number of nitrogens with zero attached hydrogens (tertiary/aromatic N) is 3. The molecule has 0 unspecified atom stereocenters. The lowest BCUT2D eigenvalue weighted by Crippen LogP contribution is -2.51. The number of ether oxygens (including phenoxy) is 1. The molecule has 3 aliphatic rings. The van der Waals surface area contributed by atoms with Crippen LogP contribution in [0.25, 0.3) is 0 Å². The van der Waals surface area contributed by atoms with E-state index in [9.17, 15) is 9.59 Å². The molecule has 4 rings (SSSR count). The van der Waals surface area contributed by atoms with E-state index in [1.807, 2.05) is 9.80 Å². The molecule has 0 aromatic carbocycles. The predicted octanol–water partition coefficient (Wildman–Crippen LogP) is 1.84. The van der Waals surface area contributed by atoms with Crippen LogP contribution in [0.4, 0.5) is 0 Å². The lowest BCUT2D eigenvalue weighted by atomic mass is 10.0. The second-order valence-corrected chi connectivity index (χ2v) is 7.79. The number of carbonyl (C=O) groups excluding carboxylic acids is 2. The summed E-state index contributed by atoms with van der Waals surface area (Å²) in [6.45, 7) is 5.38. The third-order valence-corrected chi connectivity index (χ3v) is 5.87. The van der Waals surface area contributed by atoms with Crippen molar-refractivity contribution in [1.29, 1.82) is 0 Å². The van der Waals surface area contributed by atoms with Gasteiger partial charge in [0.25, 0.3) is 0 Å². The fraction of sp³-hybridized carbons (Fsp3) is 0.706. The van der Waals surface area contributed by atoms with Gasteiger partial charge in [0.1, 0.15) is 5.76 Å². The van der Waals surface area contributed by atoms with Crippen molar-refractivity contribution in [1.82, 2.24) is 15.0 Å². The molecule has 3 fully saturated rings. The van der Waals surface area contributed by atoms with Crippen molar-refractivity contribution >= 4 is 23.4 Å². The average molecular weight is 368 g/mol. The zero-order chi connectivity index (χ0) is 17.8. The number of aromatic nitrogens is 1. The van der Waals surface area contributed by atoms with Gasteiger partial charge >= 0.3 is 0 Å². The number of carbonyl (C=O) groups is 2. The normalized spacial score (nSPS) is 31.1. The number of hydrogen-bond acceptors (Lipinski definition) is 5. The molecule has 1 aromatic rings. The Kier molecular flexibility index (Phi) is 4.03. The second kappa shape index (κ2) is 5.99. The van der Waals surface area contributed by atoms with Crippen molar-refractivity contribution in [3.8, 4) is 0 Å². The molecule has 8 heteroatoms. The fourth-order valence-corrected chi connectivity index (χ4v) is 4.60. The van der Waals surface area contributed by atoms with Crippen molar-refractivity contribution in [2.24, 2.45) is 5.92 Å². The zero-order valence-corrected chi connectivity index (χ0v) is 15.2. The Labute approximate surface area is 151 Å². The fourth-order valence-electron chi connectivity index (χ4n) is 4.45. The summed E-state index contributed by atoms with van der Waals surface area (Å²) in [7, 11) is 0. The Morgan fingerprint density at radius 1 is 1.52 bits per heavy atom. The molecule has 1 spiro atoms. The summed E-state index contributed by atoms with van der Waals surface area (Å²) in [6.07, 6.45) is 1.79. The van der Waals surface area contributed by atoms with Gasteiger partial charge in [0, 0.05) is 31.9 Å². The summed E-state index contributed by atoms with van der Waals surface area (Å²) in [4.78, 5) is 29.1. The van der Waals surface area contributed by atoms with E-state index in [1.165, 1.54) is 0 Å². The van der Waals surface area contributed by atoms with Crippen LogP contribution in [0, 0.1) is 5.92 Å². The molecule has 4 heterocycles. The highest BCUT2D eigenvalue weighted by Gasteiger charge is 2.65. The quantitative estimate of drug-likeness (QED) is 0.811. The molecule has 25 heavy (non-hydrogen) atoms. The number of hydrogen-bond donors (Lipinski definition) is 0. The van der Waals surface area contributed by atoms with Gasteiger partial charge in [-0.15, -0.1) is 0 Å². The van der Waals surface area contributed by atoms with Crippen LogP contribution in [0.15, 0.2) is 10.6 Å². The molecule has 7 nitrogen and oxygen atoms in total. The van der Waals surface area contributed by atoms with E-state index in [1.54, 1.807) is 6.07 Å². The third-order valence-electron chi connectivity index (χ3n) is 5.69. The highest BCUT2D eigenvalue weighted by Crippen LogP contribution is 2.48. The number of halogens is 1. The molecule has 0 aliphatic carbocycles. The Bertz CT molecular complexity index is 706. The lowest BCUT2D eigenvalue weighted by Gasteiger charge is -2.34. The molecule has 0 saturated carbocycles. The minimum atomic E-state index is -0.614. The van der Waals surface area contributed by atoms with Gasteiger partial charge in [-0.3, -0.25) is 9.59 Å². The van der Waals surface area contributed by atoms with E-state index in [0.717, 1.165) is 0 Å². The van der Waals surface area contributed by atoms with Gasteiger partial charge in [0.05, 0.1) is 25.1 Å². The topological polar surface area (TPSA) is 75.9 Å². The molecule has 0 bridgehead atoms. The summed E-state index contributed by atoms with van der Waals surface area (Å²) in [5.41, 5.74) is -0.614. The molecule has 0 N–H and O–H groups in total. The number of amides is 2. The van der Waals surface area contributed by atoms with E-state index >= 15 is 0 Å². The maximum Gasteiger partial charge on any atom is 0.227 e. The van der Waals surface area contributed by atoms with Crippen LogP contribution in [0.2, 0.25) is 5.15 Å². The SMILES string of the molecule is CC(C)[C@@H]1CO[C@@]23CCN(C(=O)CCc4cc(Cl)no4)[C@@H]2CC(=O)N13. The number of aryl methyl sites for hydroxylation is 1. The molecule has 3 aliphatic heterocycles. The van der Waals surface area contributed by atoms with Crippen LogP contribution in [-0.4, -0.2) is 57.7 Å². The standard InChI is InChI=1S/C17H22ClN3O4/c1-10(2)12-9-24-17-5-6-20(13(17)8-16(23)21(12)17)15(22)4-3-11-7-14(18)19-25-11/h7,10,12-13H,3-6,8-9H2,1-2H3/t12-,13+,17-/m0/s1. The van der Waals surface area contributed by atoms with Gasteiger partial charge in [-0.25, -0.2) is 0 Å². The van der Waals surface area contributed by atoms with E-state index in [2.05, 4.69) is 19.0 Å². The van der Waals surface area contributed by atoms with Crippen molar-refractivity contribution in [3.63, 3.8) is 0 Å². The second-order valence-electron chi connectivity index (χ2n) is 7.40. The first-order chi connectivity index (χ1) is 11.9. The van der Waals surface area contributed by atoms with Gasteiger partial charge in [-0.1, -0.05) is 30.6 Å². The van der Waals surface area contributed by atoms with Crippen molar-refractivity contribution < 1.29 is 18.8 Å². The molecule has 136 valence electrons. The molecule has 1 aromatic heterocycles. The highest BCUT2D eigenvalue weighted by molar-refractivity contribution is 6.29. The smallest absolute Gasteiger partial charge is 0.227 e. The first-order valence-corrected chi connectivity index (χ1v) is 9.17. The maximum atomic E-state index is 12.7. The van der Waals surface area contributed by atoms with Gasteiger partial charge in [0.15, 0.2) is 10.9 Å². The predicted molar refractivity (Wildman–Crippen MR) is 88.7 cm³/mol. The molecular formula is C17H22ClN3O4. The average Bonchev–Trinajstić information content (AvgIpc) is 3.27. The van der Waals surface area contributed by atoms with Crippen molar-refractivity contribution in [3.05, 3.63) is 17.0 Å².